The second-order valence-corrected chi connectivity index (χ2v) is 8.39. The highest BCUT2D eigenvalue weighted by molar-refractivity contribution is 7.86. The molecule has 2 aliphatic rings. The predicted octanol–water partition coefficient (Wildman–Crippen LogP) is 1.55. The molecule has 2 fully saturated rings. The molecule has 0 aromatic rings. The minimum absolute atomic E-state index is 0.0165. The highest BCUT2D eigenvalue weighted by atomic mass is 32.2. The smallest absolute Gasteiger partial charge is 0.282 e. The molecule has 2 rings (SSSR count). The third-order valence-corrected chi connectivity index (χ3v) is 7.03. The summed E-state index contributed by atoms with van der Waals surface area (Å²) in [5.74, 6) is 0.623. The third kappa shape index (κ3) is 3.35. The molecule has 0 amide bonds. The van der Waals surface area contributed by atoms with Crippen molar-refractivity contribution >= 4 is 10.2 Å². The number of hydrogen-bond acceptors (Lipinski definition) is 3. The largest absolute Gasteiger partial charge is 0.329 e. The van der Waals surface area contributed by atoms with E-state index in [1.54, 1.807) is 15.7 Å². The Morgan fingerprint density at radius 3 is 2.60 bits per heavy atom. The van der Waals surface area contributed by atoms with Crippen molar-refractivity contribution in [2.45, 2.75) is 64.0 Å². The summed E-state index contributed by atoms with van der Waals surface area (Å²) in [6.07, 6.45) is 7.25. The summed E-state index contributed by atoms with van der Waals surface area (Å²) < 4.78 is 29.0. The highest BCUT2D eigenvalue weighted by Crippen LogP contribution is 2.30. The molecule has 20 heavy (non-hydrogen) atoms. The molecule has 0 aromatic carbocycles. The van der Waals surface area contributed by atoms with E-state index in [9.17, 15) is 8.42 Å². The van der Waals surface area contributed by atoms with Gasteiger partial charge in [0.2, 0.25) is 0 Å². The van der Waals surface area contributed by atoms with E-state index >= 15 is 0 Å². The fourth-order valence-electron chi connectivity index (χ4n) is 3.60. The van der Waals surface area contributed by atoms with Gasteiger partial charge in [0.1, 0.15) is 0 Å². The van der Waals surface area contributed by atoms with Gasteiger partial charge >= 0.3 is 0 Å². The lowest BCUT2D eigenvalue weighted by atomic mass is 9.87. The van der Waals surface area contributed by atoms with Crippen molar-refractivity contribution in [1.29, 1.82) is 0 Å². The van der Waals surface area contributed by atoms with Crippen LogP contribution in [0.25, 0.3) is 0 Å². The second kappa shape index (κ2) is 6.73. The molecule has 1 saturated heterocycles. The van der Waals surface area contributed by atoms with Crippen molar-refractivity contribution in [3.05, 3.63) is 0 Å². The van der Waals surface area contributed by atoms with Crippen LogP contribution in [0.4, 0.5) is 0 Å². The first-order valence-corrected chi connectivity index (χ1v) is 9.31. The quantitative estimate of drug-likeness (QED) is 0.857. The maximum Gasteiger partial charge on any atom is 0.282 e. The average molecular weight is 303 g/mol. The van der Waals surface area contributed by atoms with Gasteiger partial charge in [0.05, 0.1) is 0 Å². The molecular weight excluding hydrogens is 274 g/mol. The Hall–Kier alpha value is -0.170. The Bertz CT molecular complexity index is 413. The summed E-state index contributed by atoms with van der Waals surface area (Å²) in [4.78, 5) is 0. The van der Waals surface area contributed by atoms with E-state index in [2.05, 4.69) is 6.92 Å². The standard InChI is InChI=1S/C14H29N3O2S/c1-12-6-5-8-13(10-12)16(2)20(18,19)17-9-4-3-7-14(17)11-15/h12-14H,3-11,15H2,1-2H3. The van der Waals surface area contributed by atoms with Crippen LogP contribution < -0.4 is 5.73 Å². The van der Waals surface area contributed by atoms with Crippen LogP contribution in [0.2, 0.25) is 0 Å². The summed E-state index contributed by atoms with van der Waals surface area (Å²) in [5.41, 5.74) is 5.77. The molecule has 0 bridgehead atoms. The number of nitrogens with zero attached hydrogens (tertiary/aromatic N) is 2. The van der Waals surface area contributed by atoms with Gasteiger partial charge in [0.15, 0.2) is 0 Å². The molecule has 5 nitrogen and oxygen atoms in total. The molecule has 1 aliphatic heterocycles. The van der Waals surface area contributed by atoms with Gasteiger partial charge in [-0.15, -0.1) is 0 Å². The third-order valence-electron chi connectivity index (χ3n) is 4.93. The predicted molar refractivity (Wildman–Crippen MR) is 81.5 cm³/mol. The van der Waals surface area contributed by atoms with Gasteiger partial charge < -0.3 is 5.73 Å². The summed E-state index contributed by atoms with van der Waals surface area (Å²) >= 11 is 0. The topological polar surface area (TPSA) is 66.6 Å². The zero-order valence-corrected chi connectivity index (χ0v) is 13.6. The van der Waals surface area contributed by atoms with Crippen LogP contribution in [0.15, 0.2) is 0 Å². The lowest BCUT2D eigenvalue weighted by Gasteiger charge is -2.40. The molecule has 1 aliphatic carbocycles. The van der Waals surface area contributed by atoms with Gasteiger partial charge in [-0.1, -0.05) is 26.2 Å². The molecule has 3 unspecified atom stereocenters. The fourth-order valence-corrected chi connectivity index (χ4v) is 5.43. The molecule has 118 valence electrons. The van der Waals surface area contributed by atoms with Crippen molar-refractivity contribution in [3.63, 3.8) is 0 Å². The van der Waals surface area contributed by atoms with E-state index in [4.69, 9.17) is 5.73 Å². The second-order valence-electron chi connectivity index (χ2n) is 6.45. The van der Waals surface area contributed by atoms with E-state index in [0.29, 0.717) is 19.0 Å². The number of piperidine rings is 1. The minimum Gasteiger partial charge on any atom is -0.329 e. The Morgan fingerprint density at radius 1 is 1.20 bits per heavy atom. The molecule has 0 radical (unpaired) electrons. The van der Waals surface area contributed by atoms with Crippen LogP contribution >= 0.6 is 0 Å². The van der Waals surface area contributed by atoms with Crippen molar-refractivity contribution in [2.24, 2.45) is 11.7 Å². The molecular formula is C14H29N3O2S. The van der Waals surface area contributed by atoms with E-state index in [1.807, 2.05) is 0 Å². The van der Waals surface area contributed by atoms with Gasteiger partial charge in [-0.3, -0.25) is 0 Å². The monoisotopic (exact) mass is 303 g/mol. The summed E-state index contributed by atoms with van der Waals surface area (Å²) in [6, 6.07) is 0.140. The Labute approximate surface area is 123 Å². The molecule has 0 aromatic heterocycles. The van der Waals surface area contributed by atoms with Crippen LogP contribution in [0.3, 0.4) is 0 Å². The zero-order valence-electron chi connectivity index (χ0n) is 12.8. The van der Waals surface area contributed by atoms with E-state index in [0.717, 1.165) is 38.5 Å². The molecule has 1 heterocycles. The fraction of sp³-hybridized carbons (Fsp3) is 1.00. The van der Waals surface area contributed by atoms with Gasteiger partial charge in [0.25, 0.3) is 10.2 Å². The first-order chi connectivity index (χ1) is 9.46. The lowest BCUT2D eigenvalue weighted by Crippen LogP contribution is -2.54. The molecule has 6 heteroatoms. The minimum atomic E-state index is -3.36. The summed E-state index contributed by atoms with van der Waals surface area (Å²) in [6.45, 7) is 3.27. The first-order valence-electron chi connectivity index (χ1n) is 7.91. The molecule has 0 spiro atoms. The molecule has 3 atom stereocenters. The van der Waals surface area contributed by atoms with Crippen LogP contribution in [0.5, 0.6) is 0 Å². The van der Waals surface area contributed by atoms with Crippen LogP contribution in [0.1, 0.15) is 51.9 Å². The highest BCUT2D eigenvalue weighted by Gasteiger charge is 2.38. The van der Waals surface area contributed by atoms with Crippen LogP contribution in [-0.4, -0.2) is 49.2 Å². The SMILES string of the molecule is CC1CCCC(N(C)S(=O)(=O)N2CCCCC2CN)C1. The van der Waals surface area contributed by atoms with Gasteiger partial charge in [-0.25, -0.2) is 0 Å². The molecule has 2 N–H and O–H groups in total. The van der Waals surface area contributed by atoms with Crippen molar-refractivity contribution < 1.29 is 8.42 Å². The van der Waals surface area contributed by atoms with E-state index < -0.39 is 10.2 Å². The average Bonchev–Trinajstić information content (AvgIpc) is 2.46. The normalized spacial score (nSPS) is 33.5. The van der Waals surface area contributed by atoms with Crippen molar-refractivity contribution in [3.8, 4) is 0 Å². The zero-order chi connectivity index (χ0) is 14.8. The summed E-state index contributed by atoms with van der Waals surface area (Å²) in [7, 11) is -1.61. The summed E-state index contributed by atoms with van der Waals surface area (Å²) in [5, 5.41) is 0. The Balaban J connectivity index is 2.11. The lowest BCUT2D eigenvalue weighted by molar-refractivity contribution is 0.200. The number of nitrogens with two attached hydrogens (primary N) is 1. The number of hydrogen-bond donors (Lipinski definition) is 1. The Morgan fingerprint density at radius 2 is 1.95 bits per heavy atom. The first kappa shape index (κ1) is 16.2. The van der Waals surface area contributed by atoms with E-state index in [-0.39, 0.29) is 12.1 Å². The maximum atomic E-state index is 12.9. The van der Waals surface area contributed by atoms with Gasteiger partial charge in [0, 0.05) is 32.2 Å². The van der Waals surface area contributed by atoms with Gasteiger partial charge in [-0.2, -0.15) is 17.0 Å². The van der Waals surface area contributed by atoms with Gasteiger partial charge in [-0.05, 0) is 31.6 Å². The molecule has 1 saturated carbocycles. The van der Waals surface area contributed by atoms with Crippen LogP contribution in [-0.2, 0) is 10.2 Å². The van der Waals surface area contributed by atoms with E-state index in [1.165, 1.54) is 6.42 Å². The van der Waals surface area contributed by atoms with Crippen LogP contribution in [0, 0.1) is 5.92 Å². The number of rotatable bonds is 4. The van der Waals surface area contributed by atoms with Crippen molar-refractivity contribution in [2.75, 3.05) is 20.1 Å². The maximum absolute atomic E-state index is 12.9. The van der Waals surface area contributed by atoms with Crippen molar-refractivity contribution in [1.82, 2.24) is 8.61 Å². The Kier molecular flexibility index (Phi) is 5.45.